The van der Waals surface area contributed by atoms with Crippen LogP contribution in [-0.4, -0.2) is 25.4 Å². The molecule has 0 fully saturated rings. The Bertz CT molecular complexity index is 1340. The molecule has 4 rings (SSSR count). The van der Waals surface area contributed by atoms with Crippen molar-refractivity contribution in [3.05, 3.63) is 75.6 Å². The van der Waals surface area contributed by atoms with Crippen LogP contribution >= 0.6 is 11.6 Å². The normalized spacial score (nSPS) is 12.1. The molecule has 31 heavy (non-hydrogen) atoms. The molecular weight excluding hydrogens is 414 g/mol. The molecule has 0 aliphatic carbocycles. The van der Waals surface area contributed by atoms with Gasteiger partial charge in [0.05, 0.1) is 5.52 Å². The molecule has 0 spiro atoms. The lowest BCUT2D eigenvalue weighted by atomic mass is 10.0. The van der Waals surface area contributed by atoms with Crippen molar-refractivity contribution in [3.63, 3.8) is 0 Å². The molecule has 158 valence electrons. The molecule has 0 saturated carbocycles. The number of anilines is 1. The highest BCUT2D eigenvalue weighted by Gasteiger charge is 2.15. The summed E-state index contributed by atoms with van der Waals surface area (Å²) in [5.41, 5.74) is 5.02. The van der Waals surface area contributed by atoms with Gasteiger partial charge in [-0.05, 0) is 61.7 Å². The first-order chi connectivity index (χ1) is 14.9. The number of aromatic amines is 1. The van der Waals surface area contributed by atoms with Gasteiger partial charge in [0, 0.05) is 35.2 Å². The third-order valence-electron chi connectivity index (χ3n) is 5.38. The summed E-state index contributed by atoms with van der Waals surface area (Å²) in [6, 6.07) is 10.8. The van der Waals surface area contributed by atoms with Gasteiger partial charge in [0.25, 0.3) is 5.91 Å². The van der Waals surface area contributed by atoms with Crippen LogP contribution in [0.25, 0.3) is 22.3 Å². The second kappa shape index (κ2) is 8.35. The lowest BCUT2D eigenvalue weighted by Crippen LogP contribution is -2.20. The van der Waals surface area contributed by atoms with Gasteiger partial charge in [-0.25, -0.2) is 14.8 Å². The van der Waals surface area contributed by atoms with Crippen molar-refractivity contribution in [2.45, 2.75) is 33.2 Å². The number of nitrogens with zero attached hydrogens (tertiary/aromatic N) is 3. The van der Waals surface area contributed by atoms with E-state index in [-0.39, 0.29) is 22.8 Å². The maximum absolute atomic E-state index is 12.6. The highest BCUT2D eigenvalue weighted by molar-refractivity contribution is 6.29. The Labute approximate surface area is 184 Å². The molecule has 1 unspecified atom stereocenters. The number of hydrogen-bond acceptors (Lipinski definition) is 4. The van der Waals surface area contributed by atoms with E-state index in [1.165, 1.54) is 12.3 Å². The third-order valence-corrected chi connectivity index (χ3v) is 5.59. The first kappa shape index (κ1) is 20.8. The number of carbonyl (C=O) groups is 1. The van der Waals surface area contributed by atoms with Crippen LogP contribution in [-0.2, 0) is 0 Å². The SMILES string of the molecule is CCC(C)n1c(=O)[nH]c2cc(-c3cc(NC(=O)c4ccnc(Cl)c4)ccc3C)cnc21. The summed E-state index contributed by atoms with van der Waals surface area (Å²) in [4.78, 5) is 36.3. The van der Waals surface area contributed by atoms with Gasteiger partial charge in [0.2, 0.25) is 0 Å². The second-order valence-corrected chi connectivity index (χ2v) is 7.89. The number of amides is 1. The van der Waals surface area contributed by atoms with Crippen LogP contribution in [0, 0.1) is 6.92 Å². The predicted octanol–water partition coefficient (Wildman–Crippen LogP) is 4.97. The topological polar surface area (TPSA) is 92.7 Å². The average Bonchev–Trinajstić information content (AvgIpc) is 3.09. The smallest absolute Gasteiger partial charge is 0.322 e. The van der Waals surface area contributed by atoms with Crippen LogP contribution in [0.1, 0.15) is 42.2 Å². The number of carbonyl (C=O) groups excluding carboxylic acids is 1. The van der Waals surface area contributed by atoms with E-state index in [2.05, 4.69) is 20.3 Å². The number of aryl methyl sites for hydroxylation is 1. The number of fused-ring (bicyclic) bond motifs is 1. The van der Waals surface area contributed by atoms with E-state index < -0.39 is 0 Å². The van der Waals surface area contributed by atoms with Crippen molar-refractivity contribution in [1.29, 1.82) is 0 Å². The number of aromatic nitrogens is 4. The maximum Gasteiger partial charge on any atom is 0.327 e. The predicted molar refractivity (Wildman–Crippen MR) is 123 cm³/mol. The summed E-state index contributed by atoms with van der Waals surface area (Å²) in [6.45, 7) is 6.02. The van der Waals surface area contributed by atoms with Crippen LogP contribution in [0.5, 0.6) is 0 Å². The molecule has 0 radical (unpaired) electrons. The fourth-order valence-electron chi connectivity index (χ4n) is 3.51. The van der Waals surface area contributed by atoms with E-state index in [0.717, 1.165) is 23.1 Å². The van der Waals surface area contributed by atoms with Crippen molar-refractivity contribution in [2.75, 3.05) is 5.32 Å². The molecule has 0 saturated heterocycles. The van der Waals surface area contributed by atoms with E-state index in [9.17, 15) is 9.59 Å². The van der Waals surface area contributed by atoms with Crippen molar-refractivity contribution < 1.29 is 4.79 Å². The number of rotatable bonds is 5. The van der Waals surface area contributed by atoms with Crippen LogP contribution in [0.3, 0.4) is 0 Å². The Balaban J connectivity index is 1.69. The molecule has 0 aliphatic heterocycles. The van der Waals surface area contributed by atoms with Gasteiger partial charge in [-0.3, -0.25) is 9.36 Å². The molecule has 1 atom stereocenters. The van der Waals surface area contributed by atoms with Crippen LogP contribution in [0.4, 0.5) is 5.69 Å². The first-order valence-corrected chi connectivity index (χ1v) is 10.4. The fourth-order valence-corrected chi connectivity index (χ4v) is 3.68. The van der Waals surface area contributed by atoms with Crippen molar-refractivity contribution in [3.8, 4) is 11.1 Å². The Morgan fingerprint density at radius 1 is 1.23 bits per heavy atom. The molecule has 2 N–H and O–H groups in total. The molecule has 4 aromatic rings. The summed E-state index contributed by atoms with van der Waals surface area (Å²) in [7, 11) is 0. The minimum Gasteiger partial charge on any atom is -0.322 e. The molecule has 0 aliphatic rings. The molecule has 7 nitrogen and oxygen atoms in total. The molecule has 1 amide bonds. The van der Waals surface area contributed by atoms with E-state index >= 15 is 0 Å². The molecule has 1 aromatic carbocycles. The summed E-state index contributed by atoms with van der Waals surface area (Å²) in [6.07, 6.45) is 4.08. The number of hydrogen-bond donors (Lipinski definition) is 2. The van der Waals surface area contributed by atoms with E-state index in [0.29, 0.717) is 22.4 Å². The van der Waals surface area contributed by atoms with Crippen LogP contribution in [0.2, 0.25) is 5.15 Å². The number of imidazole rings is 1. The van der Waals surface area contributed by atoms with Gasteiger partial charge in [-0.2, -0.15) is 0 Å². The molecule has 3 heterocycles. The summed E-state index contributed by atoms with van der Waals surface area (Å²) in [5, 5.41) is 3.15. The average molecular weight is 436 g/mol. The molecule has 3 aromatic heterocycles. The van der Waals surface area contributed by atoms with Gasteiger partial charge in [0.15, 0.2) is 5.65 Å². The van der Waals surface area contributed by atoms with E-state index in [1.807, 2.05) is 45.0 Å². The zero-order valence-corrected chi connectivity index (χ0v) is 18.2. The summed E-state index contributed by atoms with van der Waals surface area (Å²) in [5.74, 6) is -0.275. The largest absolute Gasteiger partial charge is 0.327 e. The highest BCUT2D eigenvalue weighted by atomic mass is 35.5. The van der Waals surface area contributed by atoms with Gasteiger partial charge in [0.1, 0.15) is 5.15 Å². The quantitative estimate of drug-likeness (QED) is 0.433. The Morgan fingerprint density at radius 3 is 2.77 bits per heavy atom. The van der Waals surface area contributed by atoms with Crippen molar-refractivity contribution in [1.82, 2.24) is 19.5 Å². The Morgan fingerprint density at radius 2 is 2.03 bits per heavy atom. The third kappa shape index (κ3) is 4.09. The number of benzene rings is 1. The van der Waals surface area contributed by atoms with Crippen molar-refractivity contribution >= 4 is 34.4 Å². The lowest BCUT2D eigenvalue weighted by Gasteiger charge is -2.12. The summed E-state index contributed by atoms with van der Waals surface area (Å²) < 4.78 is 1.68. The van der Waals surface area contributed by atoms with Gasteiger partial charge in [-0.1, -0.05) is 24.6 Å². The Hall–Kier alpha value is -3.45. The zero-order valence-electron chi connectivity index (χ0n) is 17.4. The van der Waals surface area contributed by atoms with Gasteiger partial charge >= 0.3 is 5.69 Å². The van der Waals surface area contributed by atoms with Crippen molar-refractivity contribution in [2.24, 2.45) is 0 Å². The lowest BCUT2D eigenvalue weighted by molar-refractivity contribution is 0.102. The second-order valence-electron chi connectivity index (χ2n) is 7.50. The van der Waals surface area contributed by atoms with Gasteiger partial charge < -0.3 is 10.3 Å². The summed E-state index contributed by atoms with van der Waals surface area (Å²) >= 11 is 5.88. The number of H-pyrrole nitrogens is 1. The number of halogens is 1. The maximum atomic E-state index is 12.6. The standard InChI is InChI=1S/C23H22ClN5O2/c1-4-14(3)29-21-19(28-23(29)31)9-16(12-26-21)18-11-17(6-5-13(18)2)27-22(30)15-7-8-25-20(24)10-15/h5-12,14H,4H2,1-3H3,(H,27,30)(H,28,31). The number of nitrogens with one attached hydrogen (secondary N) is 2. The molecule has 0 bridgehead atoms. The minimum atomic E-state index is -0.275. The molecular formula is C23H22ClN5O2. The zero-order chi connectivity index (χ0) is 22.1. The van der Waals surface area contributed by atoms with Crippen LogP contribution < -0.4 is 11.0 Å². The monoisotopic (exact) mass is 435 g/mol. The Kier molecular flexibility index (Phi) is 5.61. The highest BCUT2D eigenvalue weighted by Crippen LogP contribution is 2.28. The van der Waals surface area contributed by atoms with E-state index in [4.69, 9.17) is 11.6 Å². The minimum absolute atomic E-state index is 0.0570. The fraction of sp³-hybridized carbons (Fsp3) is 0.217. The van der Waals surface area contributed by atoms with Crippen LogP contribution in [0.15, 0.2) is 53.6 Å². The first-order valence-electron chi connectivity index (χ1n) is 10.0. The van der Waals surface area contributed by atoms with Gasteiger partial charge in [-0.15, -0.1) is 0 Å². The molecule has 8 heteroatoms. The van der Waals surface area contributed by atoms with E-state index in [1.54, 1.807) is 16.8 Å². The number of pyridine rings is 2.